The number of carbonyl (C=O) groups is 2. The number of imide groups is 1. The summed E-state index contributed by atoms with van der Waals surface area (Å²) in [6.07, 6.45) is -0.358. The van der Waals surface area contributed by atoms with Crippen molar-refractivity contribution >= 4 is 56.4 Å². The van der Waals surface area contributed by atoms with Gasteiger partial charge in [0.25, 0.3) is 16.0 Å². The molecule has 0 atom stereocenters. The average Bonchev–Trinajstić information content (AvgIpc) is 2.58. The normalized spacial score (nSPS) is 17.7. The molecule has 0 saturated carbocycles. The van der Waals surface area contributed by atoms with Gasteiger partial charge in [0.15, 0.2) is 0 Å². The maximum absolute atomic E-state index is 11.5. The zero-order valence-corrected chi connectivity index (χ0v) is 12.9. The number of hydrogen-bond acceptors (Lipinski definition) is 4. The Kier molecular flexibility index (Phi) is 5.05. The molecule has 0 aromatic heterocycles. The van der Waals surface area contributed by atoms with Gasteiger partial charge in [-0.3, -0.25) is 19.5 Å². The summed E-state index contributed by atoms with van der Waals surface area (Å²) in [6, 6.07) is 7.67. The Labute approximate surface area is 131 Å². The summed E-state index contributed by atoms with van der Waals surface area (Å²) < 4.78 is 32.0. The molecule has 1 radical (unpaired) electrons. The molecule has 1 saturated heterocycles. The molecule has 0 aliphatic carbocycles. The van der Waals surface area contributed by atoms with E-state index >= 15 is 0 Å². The van der Waals surface area contributed by atoms with Crippen molar-refractivity contribution in [2.45, 2.75) is 6.42 Å². The standard InChI is InChI=1S/C11H9NO5S.Na/c13-9-6-8(11(14)12-9)10(18(15,16)17)7-4-2-1-3-5-7;/h1-5H,6H2,(H,12,13,14)(H,15,16,17);. The van der Waals surface area contributed by atoms with Crippen molar-refractivity contribution in [3.63, 3.8) is 0 Å². The molecule has 1 aromatic rings. The van der Waals surface area contributed by atoms with Gasteiger partial charge in [0.2, 0.25) is 5.91 Å². The SMILES string of the molecule is O=C1CC(=C(c2ccccc2)S(=O)(=O)O)C(=O)N1.[Na]. The summed E-state index contributed by atoms with van der Waals surface area (Å²) in [5.74, 6) is -1.39. The maximum atomic E-state index is 11.5. The molecule has 8 heteroatoms. The van der Waals surface area contributed by atoms with Crippen LogP contribution in [0.2, 0.25) is 0 Å². The van der Waals surface area contributed by atoms with Crippen LogP contribution in [-0.4, -0.2) is 54.3 Å². The Morgan fingerprint density at radius 3 is 2.16 bits per heavy atom. The van der Waals surface area contributed by atoms with Gasteiger partial charge in [-0.15, -0.1) is 0 Å². The van der Waals surface area contributed by atoms with Gasteiger partial charge < -0.3 is 0 Å². The van der Waals surface area contributed by atoms with Crippen LogP contribution in [0.1, 0.15) is 12.0 Å². The third-order valence-electron chi connectivity index (χ3n) is 2.43. The smallest absolute Gasteiger partial charge is 0.292 e. The molecule has 0 spiro atoms. The van der Waals surface area contributed by atoms with Gasteiger partial charge in [0.05, 0.1) is 6.42 Å². The van der Waals surface area contributed by atoms with Crippen LogP contribution in [0.3, 0.4) is 0 Å². The minimum atomic E-state index is -4.59. The van der Waals surface area contributed by atoms with Gasteiger partial charge in [-0.2, -0.15) is 8.42 Å². The van der Waals surface area contributed by atoms with Crippen LogP contribution in [0.5, 0.6) is 0 Å². The molecule has 0 bridgehead atoms. The number of amides is 2. The largest absolute Gasteiger partial charge is 0.295 e. The Bertz CT molecular complexity index is 651. The molecule has 1 aliphatic rings. The first kappa shape index (κ1) is 16.1. The van der Waals surface area contributed by atoms with Crippen LogP contribution in [0.25, 0.3) is 4.91 Å². The Morgan fingerprint density at radius 1 is 1.16 bits per heavy atom. The fraction of sp³-hybridized carbons (Fsp3) is 0.0909. The maximum Gasteiger partial charge on any atom is 0.295 e. The van der Waals surface area contributed by atoms with Gasteiger partial charge in [-0.1, -0.05) is 30.3 Å². The van der Waals surface area contributed by atoms with Crippen LogP contribution < -0.4 is 5.32 Å². The molecule has 0 unspecified atom stereocenters. The van der Waals surface area contributed by atoms with E-state index < -0.39 is 26.8 Å². The van der Waals surface area contributed by atoms with Crippen molar-refractivity contribution < 1.29 is 22.6 Å². The van der Waals surface area contributed by atoms with Crippen molar-refractivity contribution in [2.24, 2.45) is 0 Å². The molecule has 2 rings (SSSR count). The summed E-state index contributed by atoms with van der Waals surface area (Å²) in [5.41, 5.74) is -0.0754. The molecule has 1 heterocycles. The molecule has 2 N–H and O–H groups in total. The Balaban J connectivity index is 0.00000180. The first-order chi connectivity index (χ1) is 8.39. The average molecular weight is 290 g/mol. The minimum Gasteiger partial charge on any atom is -0.292 e. The van der Waals surface area contributed by atoms with Crippen molar-refractivity contribution in [2.75, 3.05) is 0 Å². The van der Waals surface area contributed by atoms with Gasteiger partial charge in [0.1, 0.15) is 4.91 Å². The van der Waals surface area contributed by atoms with Gasteiger partial charge in [0, 0.05) is 35.1 Å². The number of carbonyl (C=O) groups excluding carboxylic acids is 2. The molecule has 6 nitrogen and oxygen atoms in total. The molecule has 1 aliphatic heterocycles. The van der Waals surface area contributed by atoms with E-state index in [9.17, 15) is 22.6 Å². The van der Waals surface area contributed by atoms with Crippen molar-refractivity contribution in [3.05, 3.63) is 41.5 Å². The van der Waals surface area contributed by atoms with Crippen molar-refractivity contribution in [1.29, 1.82) is 0 Å². The van der Waals surface area contributed by atoms with Crippen LogP contribution in [0.15, 0.2) is 35.9 Å². The van der Waals surface area contributed by atoms with Crippen LogP contribution in [0, 0.1) is 0 Å². The van der Waals surface area contributed by atoms with E-state index in [1.807, 2.05) is 5.32 Å². The molecule has 95 valence electrons. The van der Waals surface area contributed by atoms with Gasteiger partial charge in [-0.05, 0) is 5.56 Å². The van der Waals surface area contributed by atoms with E-state index in [0.29, 0.717) is 0 Å². The topological polar surface area (TPSA) is 101 Å². The molecule has 1 fully saturated rings. The summed E-state index contributed by atoms with van der Waals surface area (Å²) in [6.45, 7) is 0. The summed E-state index contributed by atoms with van der Waals surface area (Å²) in [4.78, 5) is 22.0. The second kappa shape index (κ2) is 5.98. The monoisotopic (exact) mass is 290 g/mol. The molecule has 2 amide bonds. The third kappa shape index (κ3) is 3.52. The quantitative estimate of drug-likeness (QED) is 0.344. The molecular weight excluding hydrogens is 281 g/mol. The number of nitrogens with one attached hydrogen (secondary N) is 1. The third-order valence-corrected chi connectivity index (χ3v) is 3.43. The Hall–Kier alpha value is -0.990. The predicted molar refractivity (Wildman–Crippen MR) is 68.4 cm³/mol. The summed E-state index contributed by atoms with van der Waals surface area (Å²) in [7, 11) is -4.59. The molecular formula is C11H9NNaO5S. The van der Waals surface area contributed by atoms with E-state index in [2.05, 4.69) is 0 Å². The minimum absolute atomic E-state index is 0. The number of rotatable bonds is 2. The first-order valence-corrected chi connectivity index (χ1v) is 6.44. The summed E-state index contributed by atoms with van der Waals surface area (Å²) >= 11 is 0. The van der Waals surface area contributed by atoms with Crippen molar-refractivity contribution in [3.8, 4) is 0 Å². The second-order valence-electron chi connectivity index (χ2n) is 3.70. The fourth-order valence-corrected chi connectivity index (χ4v) is 2.65. The molecule has 1 aromatic carbocycles. The van der Waals surface area contributed by atoms with Crippen LogP contribution in [-0.2, 0) is 19.7 Å². The predicted octanol–water partition coefficient (Wildman–Crippen LogP) is -0.0488. The van der Waals surface area contributed by atoms with Crippen LogP contribution in [0.4, 0.5) is 0 Å². The second-order valence-corrected chi connectivity index (χ2v) is 5.06. The van der Waals surface area contributed by atoms with Gasteiger partial charge in [-0.25, -0.2) is 0 Å². The zero-order valence-electron chi connectivity index (χ0n) is 10.1. The number of hydrogen-bond donors (Lipinski definition) is 2. The van der Waals surface area contributed by atoms with Gasteiger partial charge >= 0.3 is 0 Å². The first-order valence-electron chi connectivity index (χ1n) is 5.00. The van der Waals surface area contributed by atoms with E-state index in [1.54, 1.807) is 18.2 Å². The van der Waals surface area contributed by atoms with E-state index in [-0.39, 0.29) is 47.1 Å². The van der Waals surface area contributed by atoms with E-state index in [4.69, 9.17) is 0 Å². The van der Waals surface area contributed by atoms with Crippen LogP contribution >= 0.6 is 0 Å². The zero-order chi connectivity index (χ0) is 13.3. The van der Waals surface area contributed by atoms with Crippen molar-refractivity contribution in [1.82, 2.24) is 5.32 Å². The van der Waals surface area contributed by atoms with E-state index in [1.165, 1.54) is 12.1 Å². The van der Waals surface area contributed by atoms with E-state index in [0.717, 1.165) is 0 Å². The Morgan fingerprint density at radius 2 is 1.74 bits per heavy atom. The number of benzene rings is 1. The summed E-state index contributed by atoms with van der Waals surface area (Å²) in [5, 5.41) is 1.98. The fourth-order valence-electron chi connectivity index (χ4n) is 1.74. The molecule has 19 heavy (non-hydrogen) atoms.